The molecule has 0 saturated heterocycles. The number of nitrogen functional groups attached to an aromatic ring is 1. The van der Waals surface area contributed by atoms with E-state index in [0.29, 0.717) is 12.2 Å². The van der Waals surface area contributed by atoms with E-state index in [1.165, 1.54) is 0 Å². The van der Waals surface area contributed by atoms with Gasteiger partial charge in [-0.05, 0) is 37.5 Å². The van der Waals surface area contributed by atoms with E-state index in [-0.39, 0.29) is 18.9 Å². The third-order valence-corrected chi connectivity index (χ3v) is 3.13. The molecule has 1 aliphatic heterocycles. The van der Waals surface area contributed by atoms with Crippen LogP contribution in [0, 0.1) is 0 Å². The normalized spacial score (nSPS) is 13.8. The number of esters is 1. The number of ether oxygens (including phenoxy) is 1. The van der Waals surface area contributed by atoms with Gasteiger partial charge in [0, 0.05) is 17.9 Å². The second-order valence-corrected chi connectivity index (χ2v) is 4.52. The van der Waals surface area contributed by atoms with Crippen LogP contribution in [-0.2, 0) is 20.7 Å². The molecule has 0 atom stereocenters. The summed E-state index contributed by atoms with van der Waals surface area (Å²) in [5.74, 6) is -0.714. The predicted molar refractivity (Wildman–Crippen MR) is 72.8 cm³/mol. The van der Waals surface area contributed by atoms with Gasteiger partial charge in [0.05, 0.1) is 6.61 Å². The van der Waals surface area contributed by atoms with E-state index >= 15 is 0 Å². The van der Waals surface area contributed by atoms with Crippen molar-refractivity contribution in [2.45, 2.75) is 26.2 Å². The minimum Gasteiger partial charge on any atom is -0.466 e. The molecule has 1 aliphatic rings. The number of hydrogen-bond acceptors (Lipinski definition) is 4. The highest BCUT2D eigenvalue weighted by molar-refractivity contribution is 6.04. The lowest BCUT2D eigenvalue weighted by Crippen LogP contribution is -2.36. The molecule has 2 N–H and O–H groups in total. The molecule has 0 aromatic heterocycles. The molecule has 19 heavy (non-hydrogen) atoms. The molecule has 0 unspecified atom stereocenters. The first kappa shape index (κ1) is 13.4. The summed E-state index contributed by atoms with van der Waals surface area (Å²) in [6.07, 6.45) is 1.60. The third kappa shape index (κ3) is 3.05. The molecule has 1 aromatic rings. The van der Waals surface area contributed by atoms with Gasteiger partial charge in [0.1, 0.15) is 6.42 Å². The molecule has 5 nitrogen and oxygen atoms in total. The average Bonchev–Trinajstić information content (AvgIpc) is 2.38. The maximum Gasteiger partial charge on any atom is 0.315 e. The first-order valence-electron chi connectivity index (χ1n) is 6.46. The number of amides is 1. The van der Waals surface area contributed by atoms with E-state index in [1.54, 1.807) is 17.9 Å². The Balaban J connectivity index is 2.16. The van der Waals surface area contributed by atoms with Crippen molar-refractivity contribution < 1.29 is 14.3 Å². The summed E-state index contributed by atoms with van der Waals surface area (Å²) >= 11 is 0. The van der Waals surface area contributed by atoms with Crippen molar-refractivity contribution in [1.29, 1.82) is 0 Å². The molecule has 0 aliphatic carbocycles. The molecule has 1 aromatic carbocycles. The van der Waals surface area contributed by atoms with Crippen LogP contribution in [-0.4, -0.2) is 25.0 Å². The van der Waals surface area contributed by atoms with Gasteiger partial charge < -0.3 is 15.4 Å². The molecule has 1 amide bonds. The van der Waals surface area contributed by atoms with Gasteiger partial charge in [0.2, 0.25) is 5.91 Å². The maximum atomic E-state index is 12.1. The van der Waals surface area contributed by atoms with E-state index in [0.717, 1.165) is 24.1 Å². The fourth-order valence-corrected chi connectivity index (χ4v) is 2.28. The van der Waals surface area contributed by atoms with Crippen molar-refractivity contribution in [2.24, 2.45) is 0 Å². The number of fused-ring (bicyclic) bond motifs is 1. The zero-order chi connectivity index (χ0) is 13.8. The van der Waals surface area contributed by atoms with Gasteiger partial charge in [-0.15, -0.1) is 0 Å². The van der Waals surface area contributed by atoms with Gasteiger partial charge in [-0.3, -0.25) is 9.59 Å². The highest BCUT2D eigenvalue weighted by atomic mass is 16.5. The Bertz CT molecular complexity index is 499. The summed E-state index contributed by atoms with van der Waals surface area (Å²) in [6.45, 7) is 2.63. The van der Waals surface area contributed by atoms with Crippen LogP contribution in [0.1, 0.15) is 25.3 Å². The number of hydrogen-bond donors (Lipinski definition) is 1. The molecule has 2 rings (SSSR count). The second-order valence-electron chi connectivity index (χ2n) is 4.52. The topological polar surface area (TPSA) is 72.6 Å². The molecule has 0 spiro atoms. The number of benzene rings is 1. The SMILES string of the molecule is CCOC(=O)CC(=O)N1CCCc2ccc(N)cc21. The molecule has 0 radical (unpaired) electrons. The minimum atomic E-state index is -0.483. The van der Waals surface area contributed by atoms with Crippen LogP contribution in [0.4, 0.5) is 11.4 Å². The molecule has 102 valence electrons. The largest absolute Gasteiger partial charge is 0.466 e. The first-order chi connectivity index (χ1) is 9.11. The van der Waals surface area contributed by atoms with E-state index in [4.69, 9.17) is 10.5 Å². The summed E-state index contributed by atoms with van der Waals surface area (Å²) in [6, 6.07) is 5.56. The molecule has 5 heteroatoms. The Kier molecular flexibility index (Phi) is 4.04. The predicted octanol–water partition coefficient (Wildman–Crippen LogP) is 1.50. The second kappa shape index (κ2) is 5.73. The summed E-state index contributed by atoms with van der Waals surface area (Å²) in [7, 11) is 0. The molecule has 0 bridgehead atoms. The lowest BCUT2D eigenvalue weighted by Gasteiger charge is -2.29. The Morgan fingerprint density at radius 1 is 1.42 bits per heavy atom. The van der Waals surface area contributed by atoms with Gasteiger partial charge >= 0.3 is 5.97 Å². The quantitative estimate of drug-likeness (QED) is 0.509. The first-order valence-corrected chi connectivity index (χ1v) is 6.46. The van der Waals surface area contributed by atoms with Crippen LogP contribution in [0.2, 0.25) is 0 Å². The number of aryl methyl sites for hydroxylation is 1. The number of carbonyl (C=O) groups is 2. The van der Waals surface area contributed by atoms with Crippen molar-refractivity contribution in [3.05, 3.63) is 23.8 Å². The lowest BCUT2D eigenvalue weighted by molar-refractivity contribution is -0.145. The van der Waals surface area contributed by atoms with Crippen molar-refractivity contribution in [1.82, 2.24) is 0 Å². The van der Waals surface area contributed by atoms with Crippen LogP contribution in [0.25, 0.3) is 0 Å². The Morgan fingerprint density at radius 2 is 2.21 bits per heavy atom. The molecule has 0 fully saturated rings. The van der Waals surface area contributed by atoms with E-state index in [9.17, 15) is 9.59 Å². The van der Waals surface area contributed by atoms with Crippen molar-refractivity contribution in [3.8, 4) is 0 Å². The van der Waals surface area contributed by atoms with Crippen molar-refractivity contribution in [2.75, 3.05) is 23.8 Å². The Labute approximate surface area is 112 Å². The van der Waals surface area contributed by atoms with Crippen LogP contribution >= 0.6 is 0 Å². The van der Waals surface area contributed by atoms with Gasteiger partial charge in [-0.2, -0.15) is 0 Å². The van der Waals surface area contributed by atoms with Crippen LogP contribution in [0.3, 0.4) is 0 Å². The van der Waals surface area contributed by atoms with Gasteiger partial charge in [0.15, 0.2) is 0 Å². The lowest BCUT2D eigenvalue weighted by atomic mass is 10.0. The fraction of sp³-hybridized carbons (Fsp3) is 0.429. The Hall–Kier alpha value is -2.04. The molecular weight excluding hydrogens is 244 g/mol. The summed E-state index contributed by atoms with van der Waals surface area (Å²) in [5.41, 5.74) is 8.30. The Morgan fingerprint density at radius 3 is 2.95 bits per heavy atom. The smallest absolute Gasteiger partial charge is 0.315 e. The number of anilines is 2. The van der Waals surface area contributed by atoms with E-state index in [2.05, 4.69) is 0 Å². The van der Waals surface area contributed by atoms with Crippen molar-refractivity contribution in [3.63, 3.8) is 0 Å². The van der Waals surface area contributed by atoms with Crippen molar-refractivity contribution >= 4 is 23.3 Å². The number of carbonyl (C=O) groups excluding carboxylic acids is 2. The fourth-order valence-electron chi connectivity index (χ4n) is 2.28. The van der Waals surface area contributed by atoms with E-state index < -0.39 is 5.97 Å². The molecular formula is C14H18N2O3. The zero-order valence-corrected chi connectivity index (χ0v) is 11.0. The molecule has 0 saturated carbocycles. The summed E-state index contributed by atoms with van der Waals surface area (Å²) in [5, 5.41) is 0. The standard InChI is InChI=1S/C14H18N2O3/c1-2-19-14(18)9-13(17)16-7-3-4-10-5-6-11(15)8-12(10)16/h5-6,8H,2-4,7,9,15H2,1H3. The highest BCUT2D eigenvalue weighted by Crippen LogP contribution is 2.29. The summed E-state index contributed by atoms with van der Waals surface area (Å²) < 4.78 is 4.80. The van der Waals surface area contributed by atoms with E-state index in [1.807, 2.05) is 12.1 Å². The average molecular weight is 262 g/mol. The maximum absolute atomic E-state index is 12.1. The van der Waals surface area contributed by atoms with Gasteiger partial charge in [0.25, 0.3) is 0 Å². The number of nitrogens with zero attached hydrogens (tertiary/aromatic N) is 1. The minimum absolute atomic E-state index is 0.220. The highest BCUT2D eigenvalue weighted by Gasteiger charge is 2.24. The van der Waals surface area contributed by atoms with Crippen LogP contribution < -0.4 is 10.6 Å². The number of nitrogens with two attached hydrogens (primary N) is 1. The van der Waals surface area contributed by atoms with Gasteiger partial charge in [-0.25, -0.2) is 0 Å². The summed E-state index contributed by atoms with van der Waals surface area (Å²) in [4.78, 5) is 25.2. The van der Waals surface area contributed by atoms with Crippen LogP contribution in [0.15, 0.2) is 18.2 Å². The third-order valence-electron chi connectivity index (χ3n) is 3.13. The monoisotopic (exact) mass is 262 g/mol. The van der Waals surface area contributed by atoms with Crippen LogP contribution in [0.5, 0.6) is 0 Å². The van der Waals surface area contributed by atoms with Gasteiger partial charge in [-0.1, -0.05) is 6.07 Å². The zero-order valence-electron chi connectivity index (χ0n) is 11.0. The number of rotatable bonds is 3. The molecule has 1 heterocycles.